The molecule has 5 nitrogen and oxygen atoms in total. The molecule has 0 aromatic heterocycles. The van der Waals surface area contributed by atoms with Crippen molar-refractivity contribution in [1.29, 1.82) is 0 Å². The van der Waals surface area contributed by atoms with Gasteiger partial charge in [0, 0.05) is 22.2 Å². The Balaban J connectivity index is 2.06. The highest BCUT2D eigenvalue weighted by molar-refractivity contribution is 8.00. The van der Waals surface area contributed by atoms with E-state index in [0.717, 1.165) is 0 Å². The van der Waals surface area contributed by atoms with Gasteiger partial charge in [0.15, 0.2) is 0 Å². The number of nitrogens with one attached hydrogen (secondary N) is 2. The molecule has 0 aliphatic carbocycles. The lowest BCUT2D eigenvalue weighted by Gasteiger charge is -2.11. The molecule has 1 amide bonds. The number of benzene rings is 2. The Morgan fingerprint density at radius 1 is 1.00 bits per heavy atom. The first kappa shape index (κ1) is 21.3. The van der Waals surface area contributed by atoms with E-state index in [1.165, 1.54) is 48.5 Å². The number of anilines is 1. The van der Waals surface area contributed by atoms with E-state index in [4.69, 9.17) is 0 Å². The van der Waals surface area contributed by atoms with Crippen molar-refractivity contribution in [3.05, 3.63) is 54.1 Å². The first-order valence-electron chi connectivity index (χ1n) is 7.76. The molecule has 2 aromatic carbocycles. The summed E-state index contributed by atoms with van der Waals surface area (Å²) in [4.78, 5) is 12.2. The second-order valence-electron chi connectivity index (χ2n) is 5.83. The molecular weight excluding hydrogens is 401 g/mol. The van der Waals surface area contributed by atoms with Crippen LogP contribution in [0.5, 0.6) is 0 Å². The molecule has 10 heteroatoms. The van der Waals surface area contributed by atoms with E-state index < -0.39 is 21.4 Å². The van der Waals surface area contributed by atoms with Crippen LogP contribution >= 0.6 is 11.8 Å². The second kappa shape index (κ2) is 8.32. The van der Waals surface area contributed by atoms with Crippen LogP contribution < -0.4 is 10.0 Å². The van der Waals surface area contributed by atoms with Crippen LogP contribution in [0.1, 0.15) is 24.2 Å². The molecule has 0 atom stereocenters. The van der Waals surface area contributed by atoms with Crippen molar-refractivity contribution >= 4 is 33.4 Å². The molecule has 0 aliphatic rings. The molecule has 0 spiro atoms. The number of alkyl halides is 3. The van der Waals surface area contributed by atoms with Gasteiger partial charge in [0.05, 0.1) is 4.90 Å². The molecule has 2 aromatic rings. The van der Waals surface area contributed by atoms with Crippen molar-refractivity contribution in [2.75, 3.05) is 5.32 Å². The molecule has 0 radical (unpaired) electrons. The number of carbonyl (C=O) groups is 1. The maximum atomic E-state index is 12.3. The van der Waals surface area contributed by atoms with Crippen LogP contribution in [0, 0.1) is 0 Å². The highest BCUT2D eigenvalue weighted by Crippen LogP contribution is 2.36. The van der Waals surface area contributed by atoms with Gasteiger partial charge in [-0.1, -0.05) is 0 Å². The summed E-state index contributed by atoms with van der Waals surface area (Å²) in [6.07, 6.45) is 0. The highest BCUT2D eigenvalue weighted by Gasteiger charge is 2.29. The largest absolute Gasteiger partial charge is 0.446 e. The van der Waals surface area contributed by atoms with E-state index in [2.05, 4.69) is 10.0 Å². The second-order valence-corrected chi connectivity index (χ2v) is 8.68. The Hall–Kier alpha value is -2.04. The predicted molar refractivity (Wildman–Crippen MR) is 98.2 cm³/mol. The topological polar surface area (TPSA) is 75.3 Å². The number of thioether (sulfide) groups is 1. The molecule has 27 heavy (non-hydrogen) atoms. The molecule has 0 heterocycles. The van der Waals surface area contributed by atoms with Crippen molar-refractivity contribution < 1.29 is 26.4 Å². The summed E-state index contributed by atoms with van der Waals surface area (Å²) in [5, 5.41) is 2.56. The third-order valence-corrected chi connectivity index (χ3v) is 5.58. The lowest BCUT2D eigenvalue weighted by Crippen LogP contribution is -2.30. The van der Waals surface area contributed by atoms with Crippen LogP contribution in [0.2, 0.25) is 0 Å². The van der Waals surface area contributed by atoms with Crippen molar-refractivity contribution in [1.82, 2.24) is 4.72 Å². The maximum absolute atomic E-state index is 12.3. The number of hydrogen-bond donors (Lipinski definition) is 2. The van der Waals surface area contributed by atoms with Crippen LogP contribution in [0.3, 0.4) is 0 Å². The molecule has 146 valence electrons. The lowest BCUT2D eigenvalue weighted by atomic mass is 10.2. The maximum Gasteiger partial charge on any atom is 0.446 e. The van der Waals surface area contributed by atoms with Gasteiger partial charge in [-0.2, -0.15) is 13.2 Å². The van der Waals surface area contributed by atoms with Crippen LogP contribution in [0.15, 0.2) is 58.3 Å². The number of sulfonamides is 1. The predicted octanol–water partition coefficient (Wildman–Crippen LogP) is 4.24. The average molecular weight is 418 g/mol. The third kappa shape index (κ3) is 6.56. The monoisotopic (exact) mass is 418 g/mol. The first-order valence-corrected chi connectivity index (χ1v) is 10.1. The van der Waals surface area contributed by atoms with Gasteiger partial charge < -0.3 is 5.32 Å². The molecule has 0 unspecified atom stereocenters. The highest BCUT2D eigenvalue weighted by atomic mass is 32.2. The average Bonchev–Trinajstić information content (AvgIpc) is 2.53. The summed E-state index contributed by atoms with van der Waals surface area (Å²) in [6.45, 7) is 3.40. The molecule has 0 saturated carbocycles. The normalized spacial score (nSPS) is 12.2. The fourth-order valence-corrected chi connectivity index (χ4v) is 3.90. The molecule has 2 N–H and O–H groups in total. The number of carbonyl (C=O) groups excluding carboxylic acids is 1. The summed E-state index contributed by atoms with van der Waals surface area (Å²) >= 11 is -0.261. The summed E-state index contributed by atoms with van der Waals surface area (Å²) in [5.74, 6) is -0.519. The zero-order valence-corrected chi connectivity index (χ0v) is 16.0. The molecule has 0 bridgehead atoms. The van der Waals surface area contributed by atoms with Gasteiger partial charge in [-0.25, -0.2) is 13.1 Å². The Labute approximate surface area is 159 Å². The molecule has 0 aliphatic heterocycles. The fraction of sp³-hybridized carbons (Fsp3) is 0.235. The van der Waals surface area contributed by atoms with Gasteiger partial charge in [-0.05, 0) is 74.1 Å². The van der Waals surface area contributed by atoms with Crippen LogP contribution in [0.25, 0.3) is 0 Å². The smallest absolute Gasteiger partial charge is 0.322 e. The zero-order valence-electron chi connectivity index (χ0n) is 14.4. The minimum atomic E-state index is -4.39. The Morgan fingerprint density at radius 3 is 2.04 bits per heavy atom. The van der Waals surface area contributed by atoms with Crippen molar-refractivity contribution in [2.45, 2.75) is 35.2 Å². The Bertz CT molecular complexity index is 895. The number of hydrogen-bond acceptors (Lipinski definition) is 4. The first-order chi connectivity index (χ1) is 12.5. The van der Waals surface area contributed by atoms with E-state index >= 15 is 0 Å². The number of amides is 1. The minimum Gasteiger partial charge on any atom is -0.322 e. The fourth-order valence-electron chi connectivity index (χ4n) is 2.11. The van der Waals surface area contributed by atoms with Crippen LogP contribution in [-0.2, 0) is 10.0 Å². The molecule has 0 saturated heterocycles. The van der Waals surface area contributed by atoms with Gasteiger partial charge >= 0.3 is 5.51 Å². The van der Waals surface area contributed by atoms with E-state index in [1.807, 2.05) is 0 Å². The van der Waals surface area contributed by atoms with Crippen LogP contribution in [-0.4, -0.2) is 25.9 Å². The summed E-state index contributed by atoms with van der Waals surface area (Å²) in [6, 6.07) is 10.3. The summed E-state index contributed by atoms with van der Waals surface area (Å²) in [5.41, 5.74) is -3.85. The van der Waals surface area contributed by atoms with Gasteiger partial charge in [-0.3, -0.25) is 4.79 Å². The van der Waals surface area contributed by atoms with Gasteiger partial charge in [0.2, 0.25) is 10.0 Å². The lowest BCUT2D eigenvalue weighted by molar-refractivity contribution is -0.0328. The summed E-state index contributed by atoms with van der Waals surface area (Å²) in [7, 11) is -3.63. The number of halogens is 3. The van der Waals surface area contributed by atoms with Gasteiger partial charge in [-0.15, -0.1) is 0 Å². The zero-order chi connectivity index (χ0) is 20.2. The standard InChI is InChI=1S/C17H17F3N2O3S2/c1-11(2)22-27(24,25)15-9-5-13(6-10-15)21-16(23)12-3-7-14(8-4-12)26-17(18,19)20/h3-11,22H,1-2H3,(H,21,23). The summed E-state index contributed by atoms with van der Waals surface area (Å²) < 4.78 is 63.5. The van der Waals surface area contributed by atoms with Crippen molar-refractivity contribution in [2.24, 2.45) is 0 Å². The van der Waals surface area contributed by atoms with Crippen LogP contribution in [0.4, 0.5) is 18.9 Å². The number of rotatable bonds is 6. The minimum absolute atomic E-state index is 0.0220. The van der Waals surface area contributed by atoms with Crippen molar-refractivity contribution in [3.63, 3.8) is 0 Å². The van der Waals surface area contributed by atoms with E-state index in [-0.39, 0.29) is 33.2 Å². The van der Waals surface area contributed by atoms with E-state index in [0.29, 0.717) is 5.69 Å². The van der Waals surface area contributed by atoms with E-state index in [9.17, 15) is 26.4 Å². The SMILES string of the molecule is CC(C)NS(=O)(=O)c1ccc(NC(=O)c2ccc(SC(F)(F)F)cc2)cc1. The molecule has 2 rings (SSSR count). The van der Waals surface area contributed by atoms with Gasteiger partial charge in [0.25, 0.3) is 5.91 Å². The third-order valence-electron chi connectivity index (χ3n) is 3.16. The van der Waals surface area contributed by atoms with E-state index in [1.54, 1.807) is 13.8 Å². The molecule has 0 fully saturated rings. The Morgan fingerprint density at radius 2 is 1.56 bits per heavy atom. The molecular formula is C17H17F3N2O3S2. The van der Waals surface area contributed by atoms with Crippen molar-refractivity contribution in [3.8, 4) is 0 Å². The quantitative estimate of drug-likeness (QED) is 0.688. The Kier molecular flexibility index (Phi) is 6.55. The van der Waals surface area contributed by atoms with Gasteiger partial charge in [0.1, 0.15) is 0 Å².